The summed E-state index contributed by atoms with van der Waals surface area (Å²) in [4.78, 5) is 19.4. The van der Waals surface area contributed by atoms with E-state index in [4.69, 9.17) is 9.72 Å². The molecule has 3 aromatic carbocycles. The summed E-state index contributed by atoms with van der Waals surface area (Å²) in [5.41, 5.74) is 5.77. The first-order valence-electron chi connectivity index (χ1n) is 14.7. The first kappa shape index (κ1) is 30.0. The lowest BCUT2D eigenvalue weighted by Gasteiger charge is -2.17. The van der Waals surface area contributed by atoms with Crippen molar-refractivity contribution >= 4 is 38.9 Å². The fourth-order valence-electron chi connectivity index (χ4n) is 5.34. The third-order valence-electron chi connectivity index (χ3n) is 7.41. The van der Waals surface area contributed by atoms with Crippen molar-refractivity contribution in [2.45, 2.75) is 65.1 Å². The number of hydrogen-bond donors (Lipinski definition) is 1. The van der Waals surface area contributed by atoms with Gasteiger partial charge in [-0.25, -0.2) is 4.98 Å². The summed E-state index contributed by atoms with van der Waals surface area (Å²) in [6, 6.07) is 27.3. The number of para-hydroxylation sites is 1. The Morgan fingerprint density at radius 2 is 1.67 bits per heavy atom. The SMILES string of the molecule is CCCC(CCC)c1ccc(OCc2ccc(-c3csc(CN(CC(=O)O)Cc4nc5ccccc5s4)c3)cc2)cc1. The third kappa shape index (κ3) is 8.06. The number of fused-ring (bicyclic) bond motifs is 1. The Morgan fingerprint density at radius 1 is 0.929 bits per heavy atom. The zero-order valence-electron chi connectivity index (χ0n) is 24.3. The number of rotatable bonds is 15. The number of carboxylic acid groups (broad SMARTS) is 1. The lowest BCUT2D eigenvalue weighted by atomic mass is 9.90. The molecule has 1 N–H and O–H groups in total. The monoisotopic (exact) mass is 598 g/mol. The van der Waals surface area contributed by atoms with E-state index in [0.717, 1.165) is 42.5 Å². The smallest absolute Gasteiger partial charge is 0.317 e. The second-order valence-corrected chi connectivity index (χ2v) is 12.9. The molecule has 5 nitrogen and oxygen atoms in total. The van der Waals surface area contributed by atoms with Gasteiger partial charge in [-0.15, -0.1) is 22.7 Å². The summed E-state index contributed by atoms with van der Waals surface area (Å²) >= 11 is 3.28. The maximum Gasteiger partial charge on any atom is 0.317 e. The van der Waals surface area contributed by atoms with Crippen molar-refractivity contribution in [3.8, 4) is 16.9 Å². The van der Waals surface area contributed by atoms with Crippen molar-refractivity contribution in [2.75, 3.05) is 6.54 Å². The van der Waals surface area contributed by atoms with Crippen molar-refractivity contribution in [1.29, 1.82) is 0 Å². The summed E-state index contributed by atoms with van der Waals surface area (Å²) in [5.74, 6) is 0.700. The van der Waals surface area contributed by atoms with Crippen molar-refractivity contribution in [1.82, 2.24) is 9.88 Å². The Balaban J connectivity index is 1.18. The van der Waals surface area contributed by atoms with Crippen molar-refractivity contribution < 1.29 is 14.6 Å². The number of carboxylic acids is 1. The van der Waals surface area contributed by atoms with Crippen molar-refractivity contribution in [3.63, 3.8) is 0 Å². The van der Waals surface area contributed by atoms with Gasteiger partial charge in [0.15, 0.2) is 0 Å². The van der Waals surface area contributed by atoms with Crippen LogP contribution in [0, 0.1) is 0 Å². The molecule has 5 rings (SSSR count). The number of ether oxygens (including phenoxy) is 1. The summed E-state index contributed by atoms with van der Waals surface area (Å²) in [7, 11) is 0. The second-order valence-electron chi connectivity index (χ2n) is 10.7. The Labute approximate surface area is 256 Å². The van der Waals surface area contributed by atoms with Crippen LogP contribution >= 0.6 is 22.7 Å². The van der Waals surface area contributed by atoms with Crippen LogP contribution in [0.15, 0.2) is 84.2 Å². The largest absolute Gasteiger partial charge is 0.489 e. The predicted octanol–water partition coefficient (Wildman–Crippen LogP) is 9.37. The highest BCUT2D eigenvalue weighted by atomic mass is 32.1. The number of thiophene rings is 1. The normalized spacial score (nSPS) is 11.5. The van der Waals surface area contributed by atoms with E-state index in [-0.39, 0.29) is 6.54 Å². The van der Waals surface area contributed by atoms with Gasteiger partial charge in [-0.1, -0.05) is 75.2 Å². The maximum absolute atomic E-state index is 11.6. The Kier molecular flexibility index (Phi) is 10.4. The van der Waals surface area contributed by atoms with Crippen molar-refractivity contribution in [2.24, 2.45) is 0 Å². The molecule has 0 saturated heterocycles. The molecule has 0 bridgehead atoms. The van der Waals surface area contributed by atoms with Gasteiger partial charge in [-0.3, -0.25) is 9.69 Å². The van der Waals surface area contributed by atoms with Crippen molar-refractivity contribution in [3.05, 3.63) is 105 Å². The Bertz CT molecular complexity index is 1540. The molecule has 2 aromatic heterocycles. The van der Waals surface area contributed by atoms with Gasteiger partial charge < -0.3 is 9.84 Å². The van der Waals surface area contributed by atoms with Gasteiger partial charge in [0.05, 0.1) is 23.3 Å². The maximum atomic E-state index is 11.6. The quantitative estimate of drug-likeness (QED) is 0.130. The zero-order chi connectivity index (χ0) is 29.3. The van der Waals surface area contributed by atoms with Gasteiger partial charge in [0, 0.05) is 11.4 Å². The van der Waals surface area contributed by atoms with E-state index in [0.29, 0.717) is 25.6 Å². The molecule has 218 valence electrons. The summed E-state index contributed by atoms with van der Waals surface area (Å²) < 4.78 is 7.21. The molecule has 0 radical (unpaired) electrons. The Morgan fingerprint density at radius 3 is 2.36 bits per heavy atom. The summed E-state index contributed by atoms with van der Waals surface area (Å²) in [5, 5.41) is 12.6. The van der Waals surface area contributed by atoms with E-state index < -0.39 is 5.97 Å². The van der Waals surface area contributed by atoms with Crippen LogP contribution in [0.25, 0.3) is 21.3 Å². The number of hydrogen-bond acceptors (Lipinski definition) is 6. The highest BCUT2D eigenvalue weighted by molar-refractivity contribution is 7.18. The van der Waals surface area contributed by atoms with Crippen LogP contribution in [0.4, 0.5) is 0 Å². The second kappa shape index (κ2) is 14.6. The topological polar surface area (TPSA) is 62.7 Å². The molecular formula is C35H38N2O3S2. The van der Waals surface area contributed by atoms with E-state index >= 15 is 0 Å². The summed E-state index contributed by atoms with van der Waals surface area (Å²) in [6.07, 6.45) is 4.88. The van der Waals surface area contributed by atoms with Crippen LogP contribution in [-0.4, -0.2) is 27.5 Å². The molecule has 7 heteroatoms. The molecule has 0 saturated carbocycles. The minimum absolute atomic E-state index is 0.0291. The minimum atomic E-state index is -0.834. The number of carbonyl (C=O) groups is 1. The number of nitrogens with zero attached hydrogens (tertiary/aromatic N) is 2. The van der Waals surface area contributed by atoms with Gasteiger partial charge >= 0.3 is 5.97 Å². The first-order valence-corrected chi connectivity index (χ1v) is 16.4. The lowest BCUT2D eigenvalue weighted by Crippen LogP contribution is -2.28. The van der Waals surface area contributed by atoms with Crippen LogP contribution in [0.1, 0.15) is 66.5 Å². The van der Waals surface area contributed by atoms with Crippen LogP contribution < -0.4 is 4.74 Å². The van der Waals surface area contributed by atoms with E-state index in [2.05, 4.69) is 79.9 Å². The van der Waals surface area contributed by atoms with Crippen LogP contribution in [-0.2, 0) is 24.5 Å². The highest BCUT2D eigenvalue weighted by Gasteiger charge is 2.16. The van der Waals surface area contributed by atoms with Gasteiger partial charge in [0.1, 0.15) is 17.4 Å². The van der Waals surface area contributed by atoms with E-state index in [1.165, 1.54) is 31.2 Å². The van der Waals surface area contributed by atoms with E-state index in [1.54, 1.807) is 22.7 Å². The predicted molar refractivity (Wildman–Crippen MR) is 174 cm³/mol. The van der Waals surface area contributed by atoms with Gasteiger partial charge in [0.25, 0.3) is 0 Å². The van der Waals surface area contributed by atoms with E-state index in [1.807, 2.05) is 23.1 Å². The molecule has 0 amide bonds. The van der Waals surface area contributed by atoms with Crippen LogP contribution in [0.5, 0.6) is 5.75 Å². The zero-order valence-corrected chi connectivity index (χ0v) is 25.9. The number of aromatic nitrogens is 1. The number of aliphatic carboxylic acids is 1. The van der Waals surface area contributed by atoms with Gasteiger partial charge in [-0.05, 0) is 76.7 Å². The van der Waals surface area contributed by atoms with Gasteiger partial charge in [-0.2, -0.15) is 0 Å². The minimum Gasteiger partial charge on any atom is -0.489 e. The lowest BCUT2D eigenvalue weighted by molar-refractivity contribution is -0.138. The number of thiazole rings is 1. The average molecular weight is 599 g/mol. The highest BCUT2D eigenvalue weighted by Crippen LogP contribution is 2.30. The fraction of sp³-hybridized carbons (Fsp3) is 0.314. The molecule has 0 aliphatic rings. The fourth-order valence-corrected chi connectivity index (χ4v) is 7.29. The summed E-state index contributed by atoms with van der Waals surface area (Å²) in [6.45, 7) is 6.08. The molecule has 0 aliphatic carbocycles. The molecule has 0 spiro atoms. The molecule has 0 atom stereocenters. The first-order chi connectivity index (χ1) is 20.5. The van der Waals surface area contributed by atoms with Crippen LogP contribution in [0.3, 0.4) is 0 Å². The molecule has 0 aliphatic heterocycles. The molecule has 0 unspecified atom stereocenters. The standard InChI is InChI=1S/C35H38N2O3S2/c1-3-7-26(8-4-2)27-15-17-30(18-16-27)40-23-25-11-13-28(14-12-25)29-19-31(41-24-29)20-37(22-35(38)39)21-34-36-32-9-5-6-10-33(32)42-34/h5-6,9-19,24,26H,3-4,7-8,20-23H2,1-2H3,(H,38,39). The van der Waals surface area contributed by atoms with Gasteiger partial charge in [0.2, 0.25) is 0 Å². The average Bonchev–Trinajstić information content (AvgIpc) is 3.63. The number of benzene rings is 3. The van der Waals surface area contributed by atoms with E-state index in [9.17, 15) is 9.90 Å². The third-order valence-corrected chi connectivity index (χ3v) is 9.35. The Hall–Kier alpha value is -3.52. The molecule has 5 aromatic rings. The molecule has 42 heavy (non-hydrogen) atoms. The molecule has 0 fully saturated rings. The molecule has 2 heterocycles. The van der Waals surface area contributed by atoms with Crippen LogP contribution in [0.2, 0.25) is 0 Å². The molecular weight excluding hydrogens is 561 g/mol.